The summed E-state index contributed by atoms with van der Waals surface area (Å²) in [5.74, 6) is -4.24. The topological polar surface area (TPSA) is 140 Å². The lowest BCUT2D eigenvalue weighted by Crippen LogP contribution is -2.46. The summed E-state index contributed by atoms with van der Waals surface area (Å²) in [6.07, 6.45) is 0.313. The number of aromatic nitrogens is 2. The summed E-state index contributed by atoms with van der Waals surface area (Å²) in [5, 5.41) is 13.5. The van der Waals surface area contributed by atoms with Crippen molar-refractivity contribution in [3.05, 3.63) is 53.4 Å². The zero-order valence-electron chi connectivity index (χ0n) is 21.9. The van der Waals surface area contributed by atoms with Gasteiger partial charge in [0.1, 0.15) is 23.0 Å². The molecule has 1 aliphatic rings. The fourth-order valence-corrected chi connectivity index (χ4v) is 5.03. The standard InChI is InChI=1S/C27H31F2N5O5/c1-4-31-19(14-5-7-15(28)8-6-14)12-21(35)34-10-9-16(18(13-34)27(36)37)26-32-23-17(25(30)33-26)11-20(38-2)24(39-3)22(23)29/h5-8,11,16,18-19,31H,4,9-10,12-13H2,1-3H3,(H,36,37)(H2,30,32,33)/t16?,18?,19-/m1/s1. The number of nitrogens with one attached hydrogen (secondary N) is 1. The number of nitrogens with zero attached hydrogens (tertiary/aromatic N) is 3. The molecule has 0 spiro atoms. The van der Waals surface area contributed by atoms with Gasteiger partial charge in [-0.2, -0.15) is 0 Å². The second-order valence-corrected chi connectivity index (χ2v) is 9.33. The van der Waals surface area contributed by atoms with E-state index in [-0.39, 0.29) is 77.7 Å². The molecule has 1 fully saturated rings. The normalized spacial score (nSPS) is 18.1. The number of carbonyl (C=O) groups excluding carboxylic acids is 1. The van der Waals surface area contributed by atoms with Crippen molar-refractivity contribution in [1.29, 1.82) is 0 Å². The number of aliphatic carboxylic acids is 1. The predicted molar refractivity (Wildman–Crippen MR) is 140 cm³/mol. The number of rotatable bonds is 9. The summed E-state index contributed by atoms with van der Waals surface area (Å²) >= 11 is 0. The largest absolute Gasteiger partial charge is 0.493 e. The van der Waals surface area contributed by atoms with Crippen LogP contribution in [0, 0.1) is 17.6 Å². The Balaban J connectivity index is 1.59. The van der Waals surface area contributed by atoms with Gasteiger partial charge < -0.3 is 30.5 Å². The van der Waals surface area contributed by atoms with E-state index >= 15 is 4.39 Å². The molecule has 0 aliphatic carbocycles. The van der Waals surface area contributed by atoms with Gasteiger partial charge in [-0.05, 0) is 36.7 Å². The molecule has 10 nitrogen and oxygen atoms in total. The molecule has 0 bridgehead atoms. The van der Waals surface area contributed by atoms with Gasteiger partial charge in [0.05, 0.1) is 20.1 Å². The molecule has 208 valence electrons. The maximum absolute atomic E-state index is 15.3. The van der Waals surface area contributed by atoms with Crippen LogP contribution in [0.5, 0.6) is 11.5 Å². The number of carboxylic acid groups (broad SMARTS) is 1. The van der Waals surface area contributed by atoms with Crippen molar-refractivity contribution in [1.82, 2.24) is 20.2 Å². The van der Waals surface area contributed by atoms with E-state index in [1.807, 2.05) is 6.92 Å². The Bertz CT molecular complexity index is 1370. The number of methoxy groups -OCH3 is 2. The summed E-state index contributed by atoms with van der Waals surface area (Å²) in [7, 11) is 2.66. The van der Waals surface area contributed by atoms with Crippen LogP contribution in [-0.2, 0) is 9.59 Å². The van der Waals surface area contributed by atoms with E-state index in [1.165, 1.54) is 37.3 Å². The third-order valence-corrected chi connectivity index (χ3v) is 7.04. The van der Waals surface area contributed by atoms with Gasteiger partial charge in [-0.3, -0.25) is 9.59 Å². The van der Waals surface area contributed by atoms with Crippen LogP contribution in [0.25, 0.3) is 10.9 Å². The minimum atomic E-state index is -1.13. The highest BCUT2D eigenvalue weighted by atomic mass is 19.1. The van der Waals surface area contributed by atoms with E-state index in [2.05, 4.69) is 15.3 Å². The predicted octanol–water partition coefficient (Wildman–Crippen LogP) is 3.27. The first-order valence-electron chi connectivity index (χ1n) is 12.5. The van der Waals surface area contributed by atoms with Crippen molar-refractivity contribution in [2.24, 2.45) is 5.92 Å². The molecular formula is C27H31F2N5O5. The number of amides is 1. The van der Waals surface area contributed by atoms with Crippen LogP contribution in [0.4, 0.5) is 14.6 Å². The number of hydrogen-bond acceptors (Lipinski definition) is 8. The number of carbonyl (C=O) groups is 2. The van der Waals surface area contributed by atoms with Crippen molar-refractivity contribution in [3.8, 4) is 11.5 Å². The first-order valence-corrected chi connectivity index (χ1v) is 12.5. The number of likely N-dealkylation sites (tertiary alicyclic amines) is 1. The van der Waals surface area contributed by atoms with Gasteiger partial charge in [0.25, 0.3) is 0 Å². The molecule has 4 N–H and O–H groups in total. The lowest BCUT2D eigenvalue weighted by Gasteiger charge is -2.36. The molecule has 2 unspecified atom stereocenters. The van der Waals surface area contributed by atoms with Crippen LogP contribution in [0.2, 0.25) is 0 Å². The Morgan fingerprint density at radius 1 is 1.21 bits per heavy atom. The van der Waals surface area contributed by atoms with Gasteiger partial charge >= 0.3 is 5.97 Å². The number of halogens is 2. The van der Waals surface area contributed by atoms with Crippen LogP contribution < -0.4 is 20.5 Å². The van der Waals surface area contributed by atoms with Gasteiger partial charge in [-0.25, -0.2) is 18.7 Å². The van der Waals surface area contributed by atoms with Crippen molar-refractivity contribution in [3.63, 3.8) is 0 Å². The molecule has 1 saturated heterocycles. The molecule has 0 radical (unpaired) electrons. The van der Waals surface area contributed by atoms with Gasteiger partial charge in [-0.1, -0.05) is 19.1 Å². The maximum atomic E-state index is 15.3. The molecule has 1 aromatic heterocycles. The number of piperidine rings is 1. The number of fused-ring (bicyclic) bond motifs is 1. The van der Waals surface area contributed by atoms with E-state index in [9.17, 15) is 19.1 Å². The first-order chi connectivity index (χ1) is 18.7. The maximum Gasteiger partial charge on any atom is 0.309 e. The number of nitrogen functional groups attached to an aromatic ring is 1. The smallest absolute Gasteiger partial charge is 0.309 e. The average Bonchev–Trinajstić information content (AvgIpc) is 2.93. The Hall–Kier alpha value is -4.06. The Labute approximate surface area is 224 Å². The lowest BCUT2D eigenvalue weighted by molar-refractivity contribution is -0.147. The third kappa shape index (κ3) is 5.70. The molecule has 0 saturated carbocycles. The number of benzene rings is 2. The highest BCUT2D eigenvalue weighted by molar-refractivity contribution is 5.91. The quantitative estimate of drug-likeness (QED) is 0.371. The number of hydrogen-bond donors (Lipinski definition) is 3. The van der Waals surface area contributed by atoms with Crippen molar-refractivity contribution in [2.75, 3.05) is 39.6 Å². The van der Waals surface area contributed by atoms with Crippen molar-refractivity contribution in [2.45, 2.75) is 31.7 Å². The monoisotopic (exact) mass is 543 g/mol. The summed E-state index contributed by atoms with van der Waals surface area (Å²) in [5.41, 5.74) is 6.79. The second kappa shape index (κ2) is 11.8. The average molecular weight is 544 g/mol. The van der Waals surface area contributed by atoms with Crippen LogP contribution in [0.3, 0.4) is 0 Å². The number of ether oxygens (including phenoxy) is 2. The van der Waals surface area contributed by atoms with Gasteiger partial charge in [0, 0.05) is 36.9 Å². The Kier molecular flexibility index (Phi) is 8.44. The van der Waals surface area contributed by atoms with Crippen molar-refractivity contribution < 1.29 is 33.0 Å². The Morgan fingerprint density at radius 2 is 1.92 bits per heavy atom. The van der Waals surface area contributed by atoms with Crippen molar-refractivity contribution >= 4 is 28.6 Å². The molecule has 3 aromatic rings. The van der Waals surface area contributed by atoms with Gasteiger partial charge in [-0.15, -0.1) is 0 Å². The molecule has 3 atom stereocenters. The zero-order valence-corrected chi connectivity index (χ0v) is 21.9. The summed E-state index contributed by atoms with van der Waals surface area (Å²) in [4.78, 5) is 35.7. The minimum Gasteiger partial charge on any atom is -0.493 e. The highest BCUT2D eigenvalue weighted by Gasteiger charge is 2.39. The van der Waals surface area contributed by atoms with Crippen LogP contribution in [0.15, 0.2) is 30.3 Å². The first kappa shape index (κ1) is 28.0. The molecular weight excluding hydrogens is 512 g/mol. The van der Waals surface area contributed by atoms with E-state index < -0.39 is 23.6 Å². The summed E-state index contributed by atoms with van der Waals surface area (Å²) in [6, 6.07) is 7.01. The molecule has 12 heteroatoms. The summed E-state index contributed by atoms with van der Waals surface area (Å²) in [6.45, 7) is 2.67. The van der Waals surface area contributed by atoms with Crippen LogP contribution in [-0.4, -0.2) is 65.7 Å². The fourth-order valence-electron chi connectivity index (χ4n) is 5.03. The van der Waals surface area contributed by atoms with E-state index in [0.29, 0.717) is 6.54 Å². The van der Waals surface area contributed by atoms with Crippen LogP contribution >= 0.6 is 0 Å². The third-order valence-electron chi connectivity index (χ3n) is 7.04. The number of anilines is 1. The molecule has 2 heterocycles. The molecule has 1 amide bonds. The molecule has 2 aromatic carbocycles. The second-order valence-electron chi connectivity index (χ2n) is 9.33. The fraction of sp³-hybridized carbons (Fsp3) is 0.407. The summed E-state index contributed by atoms with van der Waals surface area (Å²) < 4.78 is 39.0. The highest BCUT2D eigenvalue weighted by Crippen LogP contribution is 2.39. The molecule has 4 rings (SSSR count). The molecule has 39 heavy (non-hydrogen) atoms. The van der Waals surface area contributed by atoms with Gasteiger partial charge in [0.2, 0.25) is 5.91 Å². The van der Waals surface area contributed by atoms with E-state index in [0.717, 1.165) is 5.56 Å². The van der Waals surface area contributed by atoms with Crippen LogP contribution in [0.1, 0.15) is 43.1 Å². The minimum absolute atomic E-state index is 0.0229. The number of carboxylic acids is 1. The zero-order chi connectivity index (χ0) is 28.3. The SMILES string of the molecule is CCN[C@H](CC(=O)N1CCC(c2nc(N)c3cc(OC)c(OC)c(F)c3n2)C(C(=O)O)C1)c1ccc(F)cc1. The Morgan fingerprint density at radius 3 is 2.54 bits per heavy atom. The van der Waals surface area contributed by atoms with Gasteiger partial charge in [0.15, 0.2) is 17.3 Å². The lowest BCUT2D eigenvalue weighted by atomic mass is 9.84. The number of nitrogens with two attached hydrogens (primary N) is 1. The molecule has 1 aliphatic heterocycles. The van der Waals surface area contributed by atoms with E-state index in [4.69, 9.17) is 15.2 Å². The van der Waals surface area contributed by atoms with E-state index in [1.54, 1.807) is 12.1 Å².